The van der Waals surface area contributed by atoms with Crippen LogP contribution in [0.5, 0.6) is 0 Å². The largest absolute Gasteiger partial charge is 0.389 e. The monoisotopic (exact) mass is 360 g/mol. The number of aliphatic hydroxyl groups is 1. The summed E-state index contributed by atoms with van der Waals surface area (Å²) in [4.78, 5) is 0. The van der Waals surface area contributed by atoms with E-state index in [1.807, 2.05) is 0 Å². The van der Waals surface area contributed by atoms with E-state index >= 15 is 0 Å². The molecule has 16 heavy (non-hydrogen) atoms. The Bertz CT molecular complexity index is 366. The lowest BCUT2D eigenvalue weighted by molar-refractivity contribution is -0.140. The number of benzene rings is 1. The highest BCUT2D eigenvalue weighted by Crippen LogP contribution is 2.30. The summed E-state index contributed by atoms with van der Waals surface area (Å²) >= 11 is 6.47. The lowest BCUT2D eigenvalue weighted by atomic mass is 10.1. The molecule has 1 unspecified atom stereocenters. The van der Waals surface area contributed by atoms with Crippen molar-refractivity contribution in [2.75, 3.05) is 0 Å². The molecule has 1 rings (SSSR count). The number of hydrogen-bond donors (Lipinski definition) is 1. The van der Waals surface area contributed by atoms with Crippen molar-refractivity contribution in [1.29, 1.82) is 0 Å². The molecular formula is C10H9Br2F3O. The average Bonchev–Trinajstić information content (AvgIpc) is 2.17. The third-order valence-electron chi connectivity index (χ3n) is 2.03. The highest BCUT2D eigenvalue weighted by atomic mass is 79.9. The van der Waals surface area contributed by atoms with Gasteiger partial charge in [-0.05, 0) is 56.0 Å². The first-order valence-electron chi connectivity index (χ1n) is 4.49. The number of rotatable bonds is 3. The molecule has 0 aliphatic rings. The van der Waals surface area contributed by atoms with Gasteiger partial charge in [0, 0.05) is 15.4 Å². The van der Waals surface area contributed by atoms with Crippen LogP contribution in [0, 0.1) is 0 Å². The summed E-state index contributed by atoms with van der Waals surface area (Å²) < 4.78 is 37.3. The predicted molar refractivity (Wildman–Crippen MR) is 62.1 cm³/mol. The molecule has 1 N–H and O–H groups in total. The molecule has 0 saturated carbocycles. The quantitative estimate of drug-likeness (QED) is 0.834. The molecule has 1 aromatic carbocycles. The molecule has 6 heteroatoms. The van der Waals surface area contributed by atoms with Gasteiger partial charge < -0.3 is 5.11 Å². The van der Waals surface area contributed by atoms with Gasteiger partial charge in [-0.2, -0.15) is 13.2 Å². The minimum atomic E-state index is -4.23. The molecule has 0 aliphatic carbocycles. The minimum Gasteiger partial charge on any atom is -0.388 e. The minimum absolute atomic E-state index is 0.322. The van der Waals surface area contributed by atoms with Crippen LogP contribution in [0.1, 0.15) is 24.5 Å². The second kappa shape index (κ2) is 5.51. The Morgan fingerprint density at radius 1 is 1.19 bits per heavy atom. The summed E-state index contributed by atoms with van der Waals surface area (Å²) in [5, 5.41) is 9.56. The van der Waals surface area contributed by atoms with Gasteiger partial charge in [-0.1, -0.05) is 6.07 Å². The number of aliphatic hydroxyl groups excluding tert-OH is 1. The number of alkyl halides is 3. The molecule has 0 bridgehead atoms. The van der Waals surface area contributed by atoms with E-state index in [4.69, 9.17) is 0 Å². The van der Waals surface area contributed by atoms with Gasteiger partial charge in [0.2, 0.25) is 0 Å². The van der Waals surface area contributed by atoms with E-state index in [1.165, 1.54) is 0 Å². The smallest absolute Gasteiger partial charge is 0.388 e. The molecule has 0 saturated heterocycles. The molecule has 1 atom stereocenters. The zero-order valence-electron chi connectivity index (χ0n) is 8.06. The van der Waals surface area contributed by atoms with Gasteiger partial charge in [-0.3, -0.25) is 0 Å². The van der Waals surface area contributed by atoms with E-state index in [0.29, 0.717) is 10.0 Å². The van der Waals surface area contributed by atoms with Crippen LogP contribution in [0.3, 0.4) is 0 Å². The van der Waals surface area contributed by atoms with E-state index in [0.717, 1.165) is 4.47 Å². The van der Waals surface area contributed by atoms with Crippen LogP contribution in [-0.2, 0) is 0 Å². The second-order valence-corrected chi connectivity index (χ2v) is 5.05. The van der Waals surface area contributed by atoms with Crippen LogP contribution >= 0.6 is 31.9 Å². The number of hydrogen-bond acceptors (Lipinski definition) is 1. The molecule has 0 aromatic heterocycles. The molecule has 0 heterocycles. The lowest BCUT2D eigenvalue weighted by Crippen LogP contribution is -2.10. The van der Waals surface area contributed by atoms with E-state index in [9.17, 15) is 18.3 Å². The average molecular weight is 362 g/mol. The Hall–Kier alpha value is -0.0700. The van der Waals surface area contributed by atoms with E-state index in [1.54, 1.807) is 18.2 Å². The number of halogens is 5. The van der Waals surface area contributed by atoms with E-state index < -0.39 is 18.7 Å². The second-order valence-electron chi connectivity index (χ2n) is 3.34. The SMILES string of the molecule is OC(CCC(F)(F)F)c1ccc(Br)c(Br)c1. The first-order chi connectivity index (χ1) is 7.29. The summed E-state index contributed by atoms with van der Waals surface area (Å²) in [5.74, 6) is 0. The van der Waals surface area contributed by atoms with Crippen molar-refractivity contribution in [3.63, 3.8) is 0 Å². The van der Waals surface area contributed by atoms with Crippen molar-refractivity contribution in [1.82, 2.24) is 0 Å². The fourth-order valence-electron chi connectivity index (χ4n) is 1.19. The first-order valence-corrected chi connectivity index (χ1v) is 6.08. The fourth-order valence-corrected chi connectivity index (χ4v) is 1.83. The van der Waals surface area contributed by atoms with Crippen LogP contribution < -0.4 is 0 Å². The topological polar surface area (TPSA) is 20.2 Å². The summed E-state index contributed by atoms with van der Waals surface area (Å²) in [5.41, 5.74) is 0.472. The molecule has 0 spiro atoms. The van der Waals surface area contributed by atoms with E-state index in [2.05, 4.69) is 31.9 Å². The Balaban J connectivity index is 2.66. The third-order valence-corrected chi connectivity index (χ3v) is 3.91. The van der Waals surface area contributed by atoms with Gasteiger partial charge in [0.05, 0.1) is 6.10 Å². The van der Waals surface area contributed by atoms with Gasteiger partial charge in [0.25, 0.3) is 0 Å². The van der Waals surface area contributed by atoms with Crippen molar-refractivity contribution in [3.05, 3.63) is 32.7 Å². The van der Waals surface area contributed by atoms with Gasteiger partial charge in [0.1, 0.15) is 0 Å². The Kier molecular flexibility index (Phi) is 4.82. The van der Waals surface area contributed by atoms with Gasteiger partial charge in [-0.25, -0.2) is 0 Å². The van der Waals surface area contributed by atoms with E-state index in [-0.39, 0.29) is 6.42 Å². The Labute approximate surface area is 108 Å². The van der Waals surface area contributed by atoms with Crippen molar-refractivity contribution >= 4 is 31.9 Å². The molecule has 1 aromatic rings. The zero-order valence-corrected chi connectivity index (χ0v) is 11.2. The summed E-state index contributed by atoms with van der Waals surface area (Å²) in [6.07, 6.45) is -6.63. The van der Waals surface area contributed by atoms with Gasteiger partial charge >= 0.3 is 6.18 Å². The standard InChI is InChI=1S/C10H9Br2F3O/c11-7-2-1-6(5-8(7)12)9(16)3-4-10(13,14)15/h1-2,5,9,16H,3-4H2. The molecule has 0 amide bonds. The molecule has 90 valence electrons. The normalized spacial score (nSPS) is 13.9. The molecule has 1 nitrogen and oxygen atoms in total. The summed E-state index contributed by atoms with van der Waals surface area (Å²) in [7, 11) is 0. The van der Waals surface area contributed by atoms with Crippen molar-refractivity contribution in [2.45, 2.75) is 25.1 Å². The van der Waals surface area contributed by atoms with Gasteiger partial charge in [0.15, 0.2) is 0 Å². The highest BCUT2D eigenvalue weighted by Gasteiger charge is 2.28. The maximum atomic E-state index is 11.9. The van der Waals surface area contributed by atoms with Crippen molar-refractivity contribution in [2.24, 2.45) is 0 Å². The van der Waals surface area contributed by atoms with Crippen LogP contribution in [0.2, 0.25) is 0 Å². The first kappa shape index (κ1) is 14.0. The third kappa shape index (κ3) is 4.43. The summed E-state index contributed by atoms with van der Waals surface area (Å²) in [6.45, 7) is 0. The fraction of sp³-hybridized carbons (Fsp3) is 0.400. The van der Waals surface area contributed by atoms with Crippen LogP contribution in [-0.4, -0.2) is 11.3 Å². The Morgan fingerprint density at radius 2 is 1.81 bits per heavy atom. The zero-order chi connectivity index (χ0) is 12.3. The maximum absolute atomic E-state index is 11.9. The van der Waals surface area contributed by atoms with Crippen molar-refractivity contribution < 1.29 is 18.3 Å². The van der Waals surface area contributed by atoms with Crippen LogP contribution in [0.15, 0.2) is 27.1 Å². The molecule has 0 fully saturated rings. The van der Waals surface area contributed by atoms with Gasteiger partial charge in [-0.15, -0.1) is 0 Å². The molecular weight excluding hydrogens is 353 g/mol. The van der Waals surface area contributed by atoms with Crippen LogP contribution in [0.25, 0.3) is 0 Å². The van der Waals surface area contributed by atoms with Crippen LogP contribution in [0.4, 0.5) is 13.2 Å². The lowest BCUT2D eigenvalue weighted by Gasteiger charge is -2.13. The Morgan fingerprint density at radius 3 is 2.31 bits per heavy atom. The van der Waals surface area contributed by atoms with Crippen molar-refractivity contribution in [3.8, 4) is 0 Å². The maximum Gasteiger partial charge on any atom is 0.389 e. The predicted octanol–water partition coefficient (Wildman–Crippen LogP) is 4.59. The highest BCUT2D eigenvalue weighted by molar-refractivity contribution is 9.13. The summed E-state index contributed by atoms with van der Waals surface area (Å²) in [6, 6.07) is 4.87. The molecule has 0 aliphatic heterocycles. The molecule has 0 radical (unpaired) electrons.